The monoisotopic (exact) mass is 294 g/mol. The molecule has 104 valence electrons. The number of ether oxygens (including phenoxy) is 1. The lowest BCUT2D eigenvalue weighted by Crippen LogP contribution is -2.42. The van der Waals surface area contributed by atoms with Crippen LogP contribution in [0.3, 0.4) is 0 Å². The molecule has 0 aromatic heterocycles. The summed E-state index contributed by atoms with van der Waals surface area (Å²) in [6, 6.07) is 0. The molecule has 0 aromatic rings. The maximum Gasteiger partial charge on any atom is 0.0701 e. The van der Waals surface area contributed by atoms with Crippen LogP contribution in [0.25, 0.3) is 0 Å². The highest BCUT2D eigenvalue weighted by Crippen LogP contribution is 2.44. The number of hydrogen-bond acceptors (Lipinski definition) is 3. The van der Waals surface area contributed by atoms with Crippen molar-refractivity contribution < 1.29 is 4.74 Å². The topological polar surface area (TPSA) is 9.23 Å². The summed E-state index contributed by atoms with van der Waals surface area (Å²) in [4.78, 5) is 0. The van der Waals surface area contributed by atoms with Crippen molar-refractivity contribution in [1.29, 1.82) is 0 Å². The predicted molar refractivity (Wildman–Crippen MR) is 85.0 cm³/mol. The third-order valence-electron chi connectivity index (χ3n) is 4.79. The SMILES string of the molecule is C1=C[C@H]2CC[C@H](O[C@@H]3CC[C@H]4C=CC[C@H]3S4)[C@@H](C1)S2. The maximum atomic E-state index is 6.59. The zero-order chi connectivity index (χ0) is 12.7. The molecule has 0 unspecified atom stereocenters. The minimum absolute atomic E-state index is 0.513. The van der Waals surface area contributed by atoms with Gasteiger partial charge in [-0.3, -0.25) is 0 Å². The number of allylic oxidation sites excluding steroid dienone is 2. The van der Waals surface area contributed by atoms with Crippen molar-refractivity contribution >= 4 is 23.5 Å². The molecular formula is C16H22OS2. The van der Waals surface area contributed by atoms with Crippen LogP contribution in [-0.2, 0) is 4.74 Å². The first kappa shape index (κ1) is 12.8. The summed E-state index contributed by atoms with van der Waals surface area (Å²) in [5.41, 5.74) is 0. The Morgan fingerprint density at radius 1 is 0.737 bits per heavy atom. The summed E-state index contributed by atoms with van der Waals surface area (Å²) in [7, 11) is 0. The van der Waals surface area contributed by atoms with Crippen molar-refractivity contribution in [1.82, 2.24) is 0 Å². The molecule has 19 heavy (non-hydrogen) atoms. The summed E-state index contributed by atoms with van der Waals surface area (Å²) >= 11 is 4.32. The van der Waals surface area contributed by atoms with Gasteiger partial charge in [-0.15, -0.1) is 23.5 Å². The molecule has 4 rings (SSSR count). The molecule has 0 aromatic carbocycles. The second-order valence-corrected chi connectivity index (χ2v) is 9.09. The van der Waals surface area contributed by atoms with E-state index in [1.807, 2.05) is 0 Å². The van der Waals surface area contributed by atoms with Crippen LogP contribution in [0.2, 0.25) is 0 Å². The molecule has 4 aliphatic heterocycles. The molecule has 6 atom stereocenters. The lowest BCUT2D eigenvalue weighted by atomic mass is 9.98. The van der Waals surface area contributed by atoms with Crippen LogP contribution in [-0.4, -0.2) is 33.2 Å². The highest BCUT2D eigenvalue weighted by atomic mass is 32.2. The van der Waals surface area contributed by atoms with Gasteiger partial charge in [-0.1, -0.05) is 24.3 Å². The van der Waals surface area contributed by atoms with Crippen molar-refractivity contribution in [2.75, 3.05) is 0 Å². The lowest BCUT2D eigenvalue weighted by molar-refractivity contribution is -0.0271. The van der Waals surface area contributed by atoms with Crippen LogP contribution in [0.15, 0.2) is 24.3 Å². The molecule has 0 amide bonds. The average Bonchev–Trinajstić information content (AvgIpc) is 2.45. The van der Waals surface area contributed by atoms with Crippen LogP contribution >= 0.6 is 23.5 Å². The van der Waals surface area contributed by atoms with E-state index in [-0.39, 0.29) is 0 Å². The molecule has 1 nitrogen and oxygen atoms in total. The van der Waals surface area contributed by atoms with Crippen LogP contribution < -0.4 is 0 Å². The van der Waals surface area contributed by atoms with Crippen molar-refractivity contribution in [2.24, 2.45) is 0 Å². The van der Waals surface area contributed by atoms with E-state index in [9.17, 15) is 0 Å². The summed E-state index contributed by atoms with van der Waals surface area (Å²) < 4.78 is 6.59. The summed E-state index contributed by atoms with van der Waals surface area (Å²) in [5.74, 6) is 0. The zero-order valence-electron chi connectivity index (χ0n) is 11.2. The fourth-order valence-electron chi connectivity index (χ4n) is 3.75. The van der Waals surface area contributed by atoms with Crippen LogP contribution in [0.5, 0.6) is 0 Å². The molecule has 0 spiro atoms. The highest BCUT2D eigenvalue weighted by molar-refractivity contribution is 8.01. The standard InChI is InChI=1S/C16H22OS2/c1-3-11-7-9-13(15(5-1)18-11)17-14-10-8-12-4-2-6-16(14)19-12/h1-4,11-16H,5-10H2/t11-,12+,13-,14+,15-,16-/m1/s1. The highest BCUT2D eigenvalue weighted by Gasteiger charge is 2.38. The van der Waals surface area contributed by atoms with Crippen molar-refractivity contribution in [3.8, 4) is 0 Å². The lowest BCUT2D eigenvalue weighted by Gasteiger charge is -2.43. The van der Waals surface area contributed by atoms with E-state index in [2.05, 4.69) is 47.8 Å². The van der Waals surface area contributed by atoms with Gasteiger partial charge in [0.05, 0.1) is 12.2 Å². The van der Waals surface area contributed by atoms with Gasteiger partial charge >= 0.3 is 0 Å². The molecule has 4 heterocycles. The van der Waals surface area contributed by atoms with Gasteiger partial charge in [-0.05, 0) is 38.5 Å². The van der Waals surface area contributed by atoms with Gasteiger partial charge in [-0.2, -0.15) is 0 Å². The number of fused-ring (bicyclic) bond motifs is 4. The molecular weight excluding hydrogens is 272 g/mol. The van der Waals surface area contributed by atoms with Gasteiger partial charge in [0.2, 0.25) is 0 Å². The van der Waals surface area contributed by atoms with Gasteiger partial charge in [0.25, 0.3) is 0 Å². The smallest absolute Gasteiger partial charge is 0.0701 e. The molecule has 4 aliphatic rings. The van der Waals surface area contributed by atoms with E-state index < -0.39 is 0 Å². The molecule has 4 bridgehead atoms. The van der Waals surface area contributed by atoms with Crippen LogP contribution in [0.4, 0.5) is 0 Å². The Morgan fingerprint density at radius 2 is 1.26 bits per heavy atom. The minimum Gasteiger partial charge on any atom is -0.373 e. The fourth-order valence-corrected chi connectivity index (χ4v) is 6.79. The zero-order valence-corrected chi connectivity index (χ0v) is 12.9. The second kappa shape index (κ2) is 5.50. The van der Waals surface area contributed by atoms with E-state index in [0.29, 0.717) is 12.2 Å². The first-order chi connectivity index (χ1) is 9.38. The molecule has 3 heteroatoms. The second-order valence-electron chi connectivity index (χ2n) is 6.12. The largest absolute Gasteiger partial charge is 0.373 e. The van der Waals surface area contributed by atoms with Gasteiger partial charge in [0.1, 0.15) is 0 Å². The van der Waals surface area contributed by atoms with E-state index >= 15 is 0 Å². The van der Waals surface area contributed by atoms with Crippen molar-refractivity contribution in [3.63, 3.8) is 0 Å². The Labute approximate surface area is 124 Å². The van der Waals surface area contributed by atoms with E-state index in [1.165, 1.54) is 38.5 Å². The molecule has 0 aliphatic carbocycles. The van der Waals surface area contributed by atoms with E-state index in [1.54, 1.807) is 0 Å². The Balaban J connectivity index is 1.41. The predicted octanol–water partition coefficient (Wildman–Crippen LogP) is 4.19. The Bertz CT molecular complexity index is 356. The van der Waals surface area contributed by atoms with Gasteiger partial charge in [0, 0.05) is 21.0 Å². The normalized spacial score (nSPS) is 48.2. The molecule has 0 saturated carbocycles. The first-order valence-electron chi connectivity index (χ1n) is 7.68. The summed E-state index contributed by atoms with van der Waals surface area (Å²) in [6.45, 7) is 0. The molecule has 2 saturated heterocycles. The number of hydrogen-bond donors (Lipinski definition) is 0. The molecule has 0 N–H and O–H groups in total. The van der Waals surface area contributed by atoms with E-state index in [0.717, 1.165) is 21.0 Å². The number of rotatable bonds is 2. The third-order valence-corrected chi connectivity index (χ3v) is 7.96. The van der Waals surface area contributed by atoms with Gasteiger partial charge in [0.15, 0.2) is 0 Å². The van der Waals surface area contributed by atoms with Crippen LogP contribution in [0, 0.1) is 0 Å². The summed E-state index contributed by atoms with van der Waals surface area (Å²) in [6.07, 6.45) is 18.2. The molecule has 2 fully saturated rings. The molecule has 0 radical (unpaired) electrons. The fraction of sp³-hybridized carbons (Fsp3) is 0.750. The van der Waals surface area contributed by atoms with Crippen molar-refractivity contribution in [2.45, 2.75) is 71.7 Å². The average molecular weight is 294 g/mol. The van der Waals surface area contributed by atoms with Gasteiger partial charge in [-0.25, -0.2) is 0 Å². The Kier molecular flexibility index (Phi) is 3.72. The maximum absolute atomic E-state index is 6.59. The van der Waals surface area contributed by atoms with E-state index in [4.69, 9.17) is 4.74 Å². The summed E-state index contributed by atoms with van der Waals surface area (Å²) in [5, 5.41) is 3.01. The quantitative estimate of drug-likeness (QED) is 0.707. The minimum atomic E-state index is 0.513. The Hall–Kier alpha value is 0.140. The Morgan fingerprint density at radius 3 is 1.79 bits per heavy atom. The van der Waals surface area contributed by atoms with Crippen LogP contribution in [0.1, 0.15) is 38.5 Å². The van der Waals surface area contributed by atoms with Crippen molar-refractivity contribution in [3.05, 3.63) is 24.3 Å². The number of thioether (sulfide) groups is 2. The van der Waals surface area contributed by atoms with Gasteiger partial charge < -0.3 is 4.74 Å². The third kappa shape index (κ3) is 2.66. The first-order valence-corrected chi connectivity index (χ1v) is 9.57.